The van der Waals surface area contributed by atoms with Crippen LogP contribution in [0.5, 0.6) is 0 Å². The smallest absolute Gasteiger partial charge is 0.210 e. The summed E-state index contributed by atoms with van der Waals surface area (Å²) in [4.78, 5) is 6.52. The number of rotatable bonds is 4. The fourth-order valence-corrected chi connectivity index (χ4v) is 2.73. The summed E-state index contributed by atoms with van der Waals surface area (Å²) in [6.45, 7) is 4.58. The van der Waals surface area contributed by atoms with Gasteiger partial charge in [-0.25, -0.2) is 13.6 Å². The molecule has 1 aliphatic heterocycles. The van der Waals surface area contributed by atoms with Gasteiger partial charge in [0, 0.05) is 19.6 Å². The lowest BCUT2D eigenvalue weighted by atomic mass is 10.0. The largest absolute Gasteiger partial charge is 0.357 e. The third kappa shape index (κ3) is 4.71. The lowest BCUT2D eigenvalue weighted by Gasteiger charge is -2.31. The van der Waals surface area contributed by atoms with E-state index in [0.717, 1.165) is 32.0 Å². The molecule has 0 amide bonds. The van der Waals surface area contributed by atoms with Crippen molar-refractivity contribution in [2.75, 3.05) is 25.4 Å². The molecule has 0 bridgehead atoms. The predicted molar refractivity (Wildman–Crippen MR) is 84.5 cm³/mol. The third-order valence-electron chi connectivity index (χ3n) is 3.40. The Balaban J connectivity index is 2.07. The van der Waals surface area contributed by atoms with Gasteiger partial charge in [-0.05, 0) is 24.5 Å². The minimum absolute atomic E-state index is 0.133. The van der Waals surface area contributed by atoms with Gasteiger partial charge in [0.1, 0.15) is 0 Å². The van der Waals surface area contributed by atoms with Crippen molar-refractivity contribution < 1.29 is 8.42 Å². The van der Waals surface area contributed by atoms with Crippen molar-refractivity contribution in [1.29, 1.82) is 0 Å². The molecule has 1 aliphatic rings. The summed E-state index contributed by atoms with van der Waals surface area (Å²) < 4.78 is 22.0. The maximum absolute atomic E-state index is 11.0. The molecule has 21 heavy (non-hydrogen) atoms. The summed E-state index contributed by atoms with van der Waals surface area (Å²) in [5, 5.41) is 8.22. The Morgan fingerprint density at radius 3 is 2.76 bits per heavy atom. The van der Waals surface area contributed by atoms with E-state index in [1.165, 1.54) is 11.1 Å². The molecule has 0 saturated heterocycles. The van der Waals surface area contributed by atoms with Crippen molar-refractivity contribution in [3.63, 3.8) is 0 Å². The molecule has 0 spiro atoms. The van der Waals surface area contributed by atoms with Crippen LogP contribution >= 0.6 is 0 Å². The summed E-state index contributed by atoms with van der Waals surface area (Å²) in [5.41, 5.74) is 2.66. The first-order valence-corrected chi connectivity index (χ1v) is 8.81. The normalized spacial score (nSPS) is 15.7. The first-order valence-electron chi connectivity index (χ1n) is 7.10. The zero-order chi connectivity index (χ0) is 15.3. The minimum Gasteiger partial charge on any atom is -0.357 e. The number of nitrogens with zero attached hydrogens (tertiary/aromatic N) is 2. The van der Waals surface area contributed by atoms with E-state index in [1.807, 2.05) is 13.0 Å². The van der Waals surface area contributed by atoms with Crippen LogP contribution in [0.1, 0.15) is 18.1 Å². The molecule has 0 atom stereocenters. The molecule has 0 saturated carbocycles. The molecule has 1 heterocycles. The SMILES string of the molecule is CCNC(=NCCS(N)(=O)=O)N1CCc2ccccc2C1. The summed E-state index contributed by atoms with van der Waals surface area (Å²) in [6.07, 6.45) is 0.968. The van der Waals surface area contributed by atoms with E-state index in [-0.39, 0.29) is 12.3 Å². The average molecular weight is 310 g/mol. The van der Waals surface area contributed by atoms with Crippen molar-refractivity contribution in [1.82, 2.24) is 10.2 Å². The van der Waals surface area contributed by atoms with Crippen molar-refractivity contribution in [2.45, 2.75) is 19.9 Å². The number of guanidine groups is 1. The van der Waals surface area contributed by atoms with E-state index in [1.54, 1.807) is 0 Å². The Bertz CT molecular complexity index is 613. The van der Waals surface area contributed by atoms with Crippen LogP contribution in [-0.2, 0) is 23.0 Å². The number of nitrogens with one attached hydrogen (secondary N) is 1. The second-order valence-electron chi connectivity index (χ2n) is 5.04. The Morgan fingerprint density at radius 1 is 1.38 bits per heavy atom. The van der Waals surface area contributed by atoms with Gasteiger partial charge in [-0.15, -0.1) is 0 Å². The van der Waals surface area contributed by atoms with Gasteiger partial charge in [0.2, 0.25) is 10.0 Å². The predicted octanol–water partition coefficient (Wildman–Crippen LogP) is 0.299. The zero-order valence-electron chi connectivity index (χ0n) is 12.2. The molecular formula is C14H22N4O2S. The molecule has 0 aromatic heterocycles. The average Bonchev–Trinajstić information content (AvgIpc) is 2.44. The first kappa shape index (κ1) is 15.8. The second kappa shape index (κ2) is 6.91. The van der Waals surface area contributed by atoms with E-state index < -0.39 is 10.0 Å². The van der Waals surface area contributed by atoms with Gasteiger partial charge in [-0.1, -0.05) is 24.3 Å². The molecule has 1 aromatic carbocycles. The topological polar surface area (TPSA) is 87.8 Å². The second-order valence-corrected chi connectivity index (χ2v) is 6.78. The maximum atomic E-state index is 11.0. The van der Waals surface area contributed by atoms with Crippen LogP contribution in [0, 0.1) is 0 Å². The third-order valence-corrected chi connectivity index (χ3v) is 4.15. The number of benzene rings is 1. The van der Waals surface area contributed by atoms with Crippen molar-refractivity contribution in [3.8, 4) is 0 Å². The number of nitrogens with two attached hydrogens (primary N) is 1. The Morgan fingerprint density at radius 2 is 2.10 bits per heavy atom. The van der Waals surface area contributed by atoms with E-state index in [9.17, 15) is 8.42 Å². The van der Waals surface area contributed by atoms with E-state index in [4.69, 9.17) is 5.14 Å². The zero-order valence-corrected chi connectivity index (χ0v) is 13.1. The fraction of sp³-hybridized carbons (Fsp3) is 0.500. The molecule has 1 aromatic rings. The minimum atomic E-state index is -3.47. The summed E-state index contributed by atoms with van der Waals surface area (Å²) >= 11 is 0. The van der Waals surface area contributed by atoms with Crippen LogP contribution in [0.2, 0.25) is 0 Å². The number of primary sulfonamides is 1. The molecule has 6 nitrogen and oxygen atoms in total. The van der Waals surface area contributed by atoms with E-state index in [0.29, 0.717) is 0 Å². The standard InChI is InChI=1S/C14H22N4O2S/c1-2-16-14(17-8-10-21(15,19)20)18-9-7-12-5-3-4-6-13(12)11-18/h3-6H,2,7-11H2,1H3,(H,16,17)(H2,15,19,20). The molecule has 0 unspecified atom stereocenters. The van der Waals surface area contributed by atoms with E-state index in [2.05, 4.69) is 33.4 Å². The Hall–Kier alpha value is -1.60. The van der Waals surface area contributed by atoms with Gasteiger partial charge < -0.3 is 10.2 Å². The summed E-state index contributed by atoms with van der Waals surface area (Å²) in [6, 6.07) is 8.36. The maximum Gasteiger partial charge on any atom is 0.210 e. The Kier molecular flexibility index (Phi) is 5.19. The molecule has 0 radical (unpaired) electrons. The lowest BCUT2D eigenvalue weighted by molar-refractivity contribution is 0.379. The van der Waals surface area contributed by atoms with Crippen LogP contribution < -0.4 is 10.5 Å². The van der Waals surface area contributed by atoms with Crippen LogP contribution in [-0.4, -0.2) is 44.7 Å². The fourth-order valence-electron chi connectivity index (χ4n) is 2.38. The van der Waals surface area contributed by atoms with Crippen LogP contribution in [0.15, 0.2) is 29.3 Å². The molecule has 7 heteroatoms. The van der Waals surface area contributed by atoms with Gasteiger partial charge in [-0.2, -0.15) is 0 Å². The van der Waals surface area contributed by atoms with Crippen molar-refractivity contribution in [3.05, 3.63) is 35.4 Å². The number of fused-ring (bicyclic) bond motifs is 1. The lowest BCUT2D eigenvalue weighted by Crippen LogP contribution is -2.44. The molecule has 2 rings (SSSR count). The quantitative estimate of drug-likeness (QED) is 0.618. The Labute approximate surface area is 126 Å². The van der Waals surface area contributed by atoms with Gasteiger partial charge in [0.15, 0.2) is 5.96 Å². The summed E-state index contributed by atoms with van der Waals surface area (Å²) in [5.74, 6) is 0.613. The van der Waals surface area contributed by atoms with Crippen LogP contribution in [0.4, 0.5) is 0 Å². The number of sulfonamides is 1. The molecule has 116 valence electrons. The molecule has 3 N–H and O–H groups in total. The van der Waals surface area contributed by atoms with Crippen molar-refractivity contribution in [2.24, 2.45) is 10.1 Å². The van der Waals surface area contributed by atoms with E-state index >= 15 is 0 Å². The number of hydrogen-bond donors (Lipinski definition) is 2. The highest BCUT2D eigenvalue weighted by Gasteiger charge is 2.18. The highest BCUT2D eigenvalue weighted by molar-refractivity contribution is 7.89. The summed E-state index contributed by atoms with van der Waals surface area (Å²) in [7, 11) is -3.47. The van der Waals surface area contributed by atoms with Crippen LogP contribution in [0.3, 0.4) is 0 Å². The van der Waals surface area contributed by atoms with Crippen molar-refractivity contribution >= 4 is 16.0 Å². The number of aliphatic imine (C=N–C) groups is 1. The van der Waals surface area contributed by atoms with Gasteiger partial charge in [-0.3, -0.25) is 4.99 Å². The first-order chi connectivity index (χ1) is 9.99. The number of hydrogen-bond acceptors (Lipinski definition) is 3. The van der Waals surface area contributed by atoms with Gasteiger partial charge in [0.25, 0.3) is 0 Å². The highest BCUT2D eigenvalue weighted by atomic mass is 32.2. The van der Waals surface area contributed by atoms with Gasteiger partial charge in [0.05, 0.1) is 12.3 Å². The highest BCUT2D eigenvalue weighted by Crippen LogP contribution is 2.18. The molecule has 0 aliphatic carbocycles. The molecule has 0 fully saturated rings. The van der Waals surface area contributed by atoms with Crippen LogP contribution in [0.25, 0.3) is 0 Å². The monoisotopic (exact) mass is 310 g/mol. The van der Waals surface area contributed by atoms with Gasteiger partial charge >= 0.3 is 0 Å². The molecular weight excluding hydrogens is 288 g/mol.